The van der Waals surface area contributed by atoms with Crippen LogP contribution < -0.4 is 5.32 Å². The van der Waals surface area contributed by atoms with Crippen molar-refractivity contribution in [2.45, 2.75) is 40.0 Å². The molecule has 128 valence electrons. The summed E-state index contributed by atoms with van der Waals surface area (Å²) in [4.78, 5) is 14.6. The monoisotopic (exact) mass is 344 g/mol. The maximum absolute atomic E-state index is 5.60. The first-order chi connectivity index (χ1) is 11.7. The van der Waals surface area contributed by atoms with E-state index in [-0.39, 0.29) is 0 Å². The number of hydrogen-bond acceptors (Lipinski definition) is 6. The van der Waals surface area contributed by atoms with E-state index in [1.165, 1.54) is 12.0 Å². The van der Waals surface area contributed by atoms with Crippen LogP contribution in [0.1, 0.15) is 37.4 Å². The Morgan fingerprint density at radius 2 is 2.00 bits per heavy atom. The Hall–Kier alpha value is -1.79. The fourth-order valence-corrected chi connectivity index (χ4v) is 3.98. The molecule has 24 heavy (non-hydrogen) atoms. The molecule has 3 rings (SSSR count). The number of nitrogens with one attached hydrogen (secondary N) is 1. The second-order valence-electron chi connectivity index (χ2n) is 6.01. The Balaban J connectivity index is 1.74. The molecule has 0 aliphatic rings. The number of ether oxygens (including phenoxy) is 1. The van der Waals surface area contributed by atoms with Crippen LogP contribution in [-0.2, 0) is 4.74 Å². The fourth-order valence-electron chi connectivity index (χ4n) is 2.76. The summed E-state index contributed by atoms with van der Waals surface area (Å²) in [6.45, 7) is 8.81. The van der Waals surface area contributed by atoms with Crippen LogP contribution in [-0.4, -0.2) is 34.7 Å². The number of unbranched alkanes of at least 4 members (excludes halogenated alkanes) is 1. The molecule has 3 aromatic heterocycles. The van der Waals surface area contributed by atoms with Gasteiger partial charge < -0.3 is 10.1 Å². The molecular weight excluding hydrogens is 320 g/mol. The molecule has 0 atom stereocenters. The highest BCUT2D eigenvalue weighted by Gasteiger charge is 2.14. The third kappa shape index (κ3) is 3.65. The topological polar surface area (TPSA) is 59.9 Å². The highest BCUT2D eigenvalue weighted by molar-refractivity contribution is 7.26. The number of rotatable bonds is 8. The van der Waals surface area contributed by atoms with Crippen LogP contribution in [0.4, 0.5) is 5.82 Å². The van der Waals surface area contributed by atoms with Gasteiger partial charge in [-0.25, -0.2) is 15.0 Å². The molecule has 3 aromatic rings. The molecule has 5 nitrogen and oxygen atoms in total. The van der Waals surface area contributed by atoms with Gasteiger partial charge in [0.2, 0.25) is 0 Å². The van der Waals surface area contributed by atoms with E-state index in [9.17, 15) is 0 Å². The molecule has 6 heteroatoms. The minimum absolute atomic E-state index is 0.785. The van der Waals surface area contributed by atoms with Crippen molar-refractivity contribution in [1.29, 1.82) is 0 Å². The zero-order valence-corrected chi connectivity index (χ0v) is 15.4. The highest BCUT2D eigenvalue weighted by Crippen LogP contribution is 2.36. The second kappa shape index (κ2) is 7.85. The predicted octanol–water partition coefficient (Wildman–Crippen LogP) is 4.48. The van der Waals surface area contributed by atoms with Crippen molar-refractivity contribution in [2.24, 2.45) is 0 Å². The van der Waals surface area contributed by atoms with E-state index in [1.54, 1.807) is 17.7 Å². The van der Waals surface area contributed by atoms with E-state index in [1.807, 2.05) is 6.92 Å². The second-order valence-corrected chi connectivity index (χ2v) is 7.01. The average molecular weight is 344 g/mol. The summed E-state index contributed by atoms with van der Waals surface area (Å²) in [6.07, 6.45) is 4.91. The van der Waals surface area contributed by atoms with E-state index >= 15 is 0 Å². The Morgan fingerprint density at radius 3 is 2.83 bits per heavy atom. The third-order valence-electron chi connectivity index (χ3n) is 3.95. The lowest BCUT2D eigenvalue weighted by Gasteiger charge is -2.06. The molecule has 0 fully saturated rings. The zero-order chi connectivity index (χ0) is 16.9. The zero-order valence-electron chi connectivity index (χ0n) is 14.6. The van der Waals surface area contributed by atoms with Gasteiger partial charge in [-0.05, 0) is 38.3 Å². The van der Waals surface area contributed by atoms with E-state index in [0.717, 1.165) is 64.5 Å². The van der Waals surface area contributed by atoms with Crippen molar-refractivity contribution in [3.8, 4) is 0 Å². The third-order valence-corrected chi connectivity index (χ3v) is 5.03. The van der Waals surface area contributed by atoms with Gasteiger partial charge in [-0.2, -0.15) is 0 Å². The Morgan fingerprint density at radius 1 is 1.17 bits per heavy atom. The number of thiophene rings is 1. The SMILES string of the molecule is CCCCOCCCNc1ncnc2c1sc1nc(C)cc(C)c12. The van der Waals surface area contributed by atoms with Crippen molar-refractivity contribution in [3.63, 3.8) is 0 Å². The largest absolute Gasteiger partial charge is 0.381 e. The number of aryl methyl sites for hydroxylation is 2. The van der Waals surface area contributed by atoms with Gasteiger partial charge in [0.1, 0.15) is 17.0 Å². The van der Waals surface area contributed by atoms with Gasteiger partial charge in [0.15, 0.2) is 0 Å². The maximum Gasteiger partial charge on any atom is 0.147 e. The van der Waals surface area contributed by atoms with Crippen molar-refractivity contribution in [1.82, 2.24) is 15.0 Å². The molecule has 0 spiro atoms. The molecule has 0 aromatic carbocycles. The molecule has 3 heterocycles. The lowest BCUT2D eigenvalue weighted by molar-refractivity contribution is 0.131. The standard InChI is InChI=1S/C18H24N4OS/c1-4-5-8-23-9-6-7-19-17-16-15(20-11-21-17)14-12(2)10-13(3)22-18(14)24-16/h10-11H,4-9H2,1-3H3,(H,19,20,21). The minimum atomic E-state index is 0.785. The van der Waals surface area contributed by atoms with Crippen LogP contribution in [0.5, 0.6) is 0 Å². The van der Waals surface area contributed by atoms with Crippen LogP contribution in [0.15, 0.2) is 12.4 Å². The average Bonchev–Trinajstić information content (AvgIpc) is 2.93. The lowest BCUT2D eigenvalue weighted by atomic mass is 10.1. The van der Waals surface area contributed by atoms with E-state index in [4.69, 9.17) is 4.74 Å². The number of aromatic nitrogens is 3. The number of nitrogens with zero attached hydrogens (tertiary/aromatic N) is 3. The summed E-state index contributed by atoms with van der Waals surface area (Å²) in [5.74, 6) is 0.897. The van der Waals surface area contributed by atoms with Crippen LogP contribution in [0.2, 0.25) is 0 Å². The lowest BCUT2D eigenvalue weighted by Crippen LogP contribution is -2.07. The Labute approximate surface area is 146 Å². The molecule has 0 bridgehead atoms. The normalized spacial score (nSPS) is 11.5. The van der Waals surface area contributed by atoms with Gasteiger partial charge in [-0.15, -0.1) is 11.3 Å². The van der Waals surface area contributed by atoms with Crippen molar-refractivity contribution in [3.05, 3.63) is 23.7 Å². The van der Waals surface area contributed by atoms with Crippen molar-refractivity contribution < 1.29 is 4.74 Å². The van der Waals surface area contributed by atoms with Crippen LogP contribution >= 0.6 is 11.3 Å². The molecular formula is C18H24N4OS. The quantitative estimate of drug-likeness (QED) is 0.611. The molecule has 1 N–H and O–H groups in total. The van der Waals surface area contributed by atoms with Gasteiger partial charge in [-0.3, -0.25) is 0 Å². The van der Waals surface area contributed by atoms with Gasteiger partial charge >= 0.3 is 0 Å². The van der Waals surface area contributed by atoms with E-state index in [0.29, 0.717) is 0 Å². The predicted molar refractivity (Wildman–Crippen MR) is 101 cm³/mol. The van der Waals surface area contributed by atoms with Gasteiger partial charge in [0.25, 0.3) is 0 Å². The van der Waals surface area contributed by atoms with Crippen LogP contribution in [0, 0.1) is 13.8 Å². The molecule has 0 aliphatic carbocycles. The number of pyridine rings is 1. The van der Waals surface area contributed by atoms with Crippen molar-refractivity contribution in [2.75, 3.05) is 25.1 Å². The summed E-state index contributed by atoms with van der Waals surface area (Å²) >= 11 is 1.66. The van der Waals surface area contributed by atoms with E-state index in [2.05, 4.69) is 40.2 Å². The molecule has 0 unspecified atom stereocenters. The first-order valence-corrected chi connectivity index (χ1v) is 9.35. The first-order valence-electron chi connectivity index (χ1n) is 8.53. The fraction of sp³-hybridized carbons (Fsp3) is 0.500. The number of anilines is 1. The summed E-state index contributed by atoms with van der Waals surface area (Å²) in [5.41, 5.74) is 3.26. The van der Waals surface area contributed by atoms with Gasteiger partial charge in [0, 0.05) is 30.8 Å². The first kappa shape index (κ1) is 17.0. The Kier molecular flexibility index (Phi) is 5.58. The minimum Gasteiger partial charge on any atom is -0.381 e. The molecule has 0 radical (unpaired) electrons. The maximum atomic E-state index is 5.60. The molecule has 0 amide bonds. The van der Waals surface area contributed by atoms with E-state index < -0.39 is 0 Å². The molecule has 0 saturated carbocycles. The summed E-state index contributed by atoms with van der Waals surface area (Å²) < 4.78 is 6.68. The molecule has 0 saturated heterocycles. The van der Waals surface area contributed by atoms with Gasteiger partial charge in [0.05, 0.1) is 10.2 Å². The summed E-state index contributed by atoms with van der Waals surface area (Å²) in [5, 5.41) is 4.57. The number of fused-ring (bicyclic) bond motifs is 3. The highest BCUT2D eigenvalue weighted by atomic mass is 32.1. The molecule has 0 aliphatic heterocycles. The summed E-state index contributed by atoms with van der Waals surface area (Å²) in [7, 11) is 0. The van der Waals surface area contributed by atoms with Crippen LogP contribution in [0.25, 0.3) is 20.4 Å². The van der Waals surface area contributed by atoms with Crippen LogP contribution in [0.3, 0.4) is 0 Å². The Bertz CT molecular complexity index is 831. The summed E-state index contributed by atoms with van der Waals surface area (Å²) in [6, 6.07) is 2.11. The number of hydrogen-bond donors (Lipinski definition) is 1. The smallest absolute Gasteiger partial charge is 0.147 e. The van der Waals surface area contributed by atoms with Gasteiger partial charge in [-0.1, -0.05) is 13.3 Å². The van der Waals surface area contributed by atoms with Crippen molar-refractivity contribution >= 4 is 37.6 Å².